The van der Waals surface area contributed by atoms with Crippen LogP contribution >= 0.6 is 0 Å². The molecule has 0 aliphatic carbocycles. The molecule has 0 atom stereocenters. The van der Waals surface area contributed by atoms with E-state index >= 15 is 0 Å². The van der Waals surface area contributed by atoms with E-state index in [4.69, 9.17) is 9.88 Å². The van der Waals surface area contributed by atoms with E-state index in [1.807, 2.05) is 0 Å². The van der Waals surface area contributed by atoms with Crippen molar-refractivity contribution in [2.24, 2.45) is 5.14 Å². The SMILES string of the molecule is COc1c(S(N)(=O)=O)cnc(OC(F)(F)F)c1C. The van der Waals surface area contributed by atoms with Crippen molar-refractivity contribution in [1.82, 2.24) is 4.98 Å². The molecule has 10 heteroatoms. The molecule has 6 nitrogen and oxygen atoms in total. The summed E-state index contributed by atoms with van der Waals surface area (Å²) in [5.74, 6) is -1.14. The number of nitrogens with zero attached hydrogens (tertiary/aromatic N) is 1. The molecular weight excluding hydrogens is 277 g/mol. The summed E-state index contributed by atoms with van der Waals surface area (Å²) >= 11 is 0. The molecular formula is C8H9F3N2O4S. The van der Waals surface area contributed by atoms with Crippen LogP contribution in [0.25, 0.3) is 0 Å². The number of rotatable bonds is 3. The summed E-state index contributed by atoms with van der Waals surface area (Å²) in [6, 6.07) is 0. The number of nitrogens with two attached hydrogens (primary N) is 1. The second kappa shape index (κ2) is 4.61. The Hall–Kier alpha value is -1.55. The molecule has 0 aromatic carbocycles. The molecule has 0 unspecified atom stereocenters. The van der Waals surface area contributed by atoms with Gasteiger partial charge in [0.15, 0.2) is 0 Å². The Morgan fingerprint density at radius 1 is 1.39 bits per heavy atom. The lowest BCUT2D eigenvalue weighted by Gasteiger charge is -2.14. The fourth-order valence-electron chi connectivity index (χ4n) is 1.22. The van der Waals surface area contributed by atoms with Gasteiger partial charge in [0.1, 0.15) is 10.6 Å². The zero-order valence-electron chi connectivity index (χ0n) is 9.28. The van der Waals surface area contributed by atoms with E-state index in [0.29, 0.717) is 6.20 Å². The van der Waals surface area contributed by atoms with Crippen LogP contribution in [-0.4, -0.2) is 26.9 Å². The van der Waals surface area contributed by atoms with Gasteiger partial charge in [0, 0.05) is 0 Å². The van der Waals surface area contributed by atoms with Gasteiger partial charge in [0.2, 0.25) is 15.9 Å². The van der Waals surface area contributed by atoms with E-state index in [9.17, 15) is 21.6 Å². The highest BCUT2D eigenvalue weighted by Crippen LogP contribution is 2.33. The molecule has 0 aliphatic rings. The molecule has 1 heterocycles. The Balaban J connectivity index is 3.39. The number of methoxy groups -OCH3 is 1. The van der Waals surface area contributed by atoms with Gasteiger partial charge in [-0.2, -0.15) is 0 Å². The minimum absolute atomic E-state index is 0.221. The molecule has 0 saturated heterocycles. The normalized spacial score (nSPS) is 12.3. The zero-order chi connectivity index (χ0) is 14.1. The molecule has 0 saturated carbocycles. The minimum Gasteiger partial charge on any atom is -0.495 e. The van der Waals surface area contributed by atoms with Crippen molar-refractivity contribution in [3.05, 3.63) is 11.8 Å². The fourth-order valence-corrected chi connectivity index (χ4v) is 1.92. The number of ether oxygens (including phenoxy) is 2. The molecule has 0 aliphatic heterocycles. The van der Waals surface area contributed by atoms with Gasteiger partial charge < -0.3 is 9.47 Å². The third-order valence-corrected chi connectivity index (χ3v) is 2.81. The largest absolute Gasteiger partial charge is 0.574 e. The van der Waals surface area contributed by atoms with Gasteiger partial charge in [-0.1, -0.05) is 0 Å². The highest BCUT2D eigenvalue weighted by atomic mass is 32.2. The van der Waals surface area contributed by atoms with Gasteiger partial charge in [0.25, 0.3) is 0 Å². The molecule has 1 aromatic rings. The molecule has 0 spiro atoms. The number of alkyl halides is 3. The van der Waals surface area contributed by atoms with Crippen LogP contribution in [0.15, 0.2) is 11.1 Å². The summed E-state index contributed by atoms with van der Waals surface area (Å²) in [5, 5.41) is 4.87. The Morgan fingerprint density at radius 3 is 2.33 bits per heavy atom. The molecule has 102 valence electrons. The third-order valence-electron chi connectivity index (χ3n) is 1.91. The maximum atomic E-state index is 12.0. The number of sulfonamides is 1. The standard InChI is InChI=1S/C8H9F3N2O4S/c1-4-6(16-2)5(18(12,14)15)3-13-7(4)17-8(9,10)11/h3H,1-2H3,(H2,12,14,15). The number of pyridine rings is 1. The molecule has 1 aromatic heterocycles. The highest BCUT2D eigenvalue weighted by molar-refractivity contribution is 7.89. The van der Waals surface area contributed by atoms with Crippen LogP contribution in [0.2, 0.25) is 0 Å². The predicted octanol–water partition coefficient (Wildman–Crippen LogP) is 0.945. The summed E-state index contributed by atoms with van der Waals surface area (Å²) in [4.78, 5) is 2.74. The van der Waals surface area contributed by atoms with Crippen LogP contribution in [0.5, 0.6) is 11.6 Å². The highest BCUT2D eigenvalue weighted by Gasteiger charge is 2.34. The quantitative estimate of drug-likeness (QED) is 0.893. The molecule has 0 radical (unpaired) electrons. The van der Waals surface area contributed by atoms with Crippen LogP contribution in [-0.2, 0) is 10.0 Å². The average molecular weight is 286 g/mol. The lowest BCUT2D eigenvalue weighted by molar-refractivity contribution is -0.276. The Labute approximate surface area is 101 Å². The number of primary sulfonamides is 1. The maximum absolute atomic E-state index is 12.0. The molecule has 18 heavy (non-hydrogen) atoms. The van der Waals surface area contributed by atoms with Crippen molar-refractivity contribution in [2.75, 3.05) is 7.11 Å². The van der Waals surface area contributed by atoms with E-state index in [0.717, 1.165) is 7.11 Å². The van der Waals surface area contributed by atoms with Crippen LogP contribution in [0.1, 0.15) is 5.56 Å². The van der Waals surface area contributed by atoms with E-state index in [-0.39, 0.29) is 11.3 Å². The van der Waals surface area contributed by atoms with Gasteiger partial charge in [-0.15, -0.1) is 13.2 Å². The number of hydrogen-bond acceptors (Lipinski definition) is 5. The molecule has 0 fully saturated rings. The van der Waals surface area contributed by atoms with Crippen LogP contribution in [0.3, 0.4) is 0 Å². The summed E-state index contributed by atoms with van der Waals surface area (Å²) in [7, 11) is -3.06. The van der Waals surface area contributed by atoms with Crippen molar-refractivity contribution in [1.29, 1.82) is 0 Å². The van der Waals surface area contributed by atoms with Gasteiger partial charge in [-0.25, -0.2) is 18.5 Å². The first kappa shape index (κ1) is 14.5. The summed E-state index contributed by atoms with van der Waals surface area (Å²) in [6.07, 6.45) is -4.30. The monoisotopic (exact) mass is 286 g/mol. The van der Waals surface area contributed by atoms with E-state index in [1.54, 1.807) is 0 Å². The maximum Gasteiger partial charge on any atom is 0.574 e. The Kier molecular flexibility index (Phi) is 3.72. The van der Waals surface area contributed by atoms with E-state index < -0.39 is 27.2 Å². The van der Waals surface area contributed by atoms with E-state index in [1.165, 1.54) is 6.92 Å². The first-order valence-electron chi connectivity index (χ1n) is 4.38. The molecule has 0 bridgehead atoms. The molecule has 2 N–H and O–H groups in total. The topological polar surface area (TPSA) is 91.5 Å². The average Bonchev–Trinajstić information content (AvgIpc) is 2.17. The smallest absolute Gasteiger partial charge is 0.495 e. The molecule has 1 rings (SSSR count). The van der Waals surface area contributed by atoms with Gasteiger partial charge in [-0.05, 0) is 6.92 Å². The summed E-state index contributed by atoms with van der Waals surface area (Å²) in [6.45, 7) is 1.17. The lowest BCUT2D eigenvalue weighted by atomic mass is 10.3. The summed E-state index contributed by atoms with van der Waals surface area (Å²) < 4.78 is 66.8. The fraction of sp³-hybridized carbons (Fsp3) is 0.375. The van der Waals surface area contributed by atoms with Crippen LogP contribution < -0.4 is 14.6 Å². The van der Waals surface area contributed by atoms with Crippen LogP contribution in [0, 0.1) is 6.92 Å². The van der Waals surface area contributed by atoms with Gasteiger partial charge in [0.05, 0.1) is 18.9 Å². The number of hydrogen-bond donors (Lipinski definition) is 1. The lowest BCUT2D eigenvalue weighted by Crippen LogP contribution is -2.20. The number of aromatic nitrogens is 1. The zero-order valence-corrected chi connectivity index (χ0v) is 10.1. The Bertz CT molecular complexity index is 556. The first-order chi connectivity index (χ1) is 8.06. The second-order valence-electron chi connectivity index (χ2n) is 3.18. The van der Waals surface area contributed by atoms with Crippen molar-refractivity contribution >= 4 is 10.0 Å². The minimum atomic E-state index is -4.94. The van der Waals surface area contributed by atoms with Gasteiger partial charge in [-0.3, -0.25) is 0 Å². The second-order valence-corrected chi connectivity index (χ2v) is 4.71. The van der Waals surface area contributed by atoms with Crippen molar-refractivity contribution in [2.45, 2.75) is 18.2 Å². The van der Waals surface area contributed by atoms with Gasteiger partial charge >= 0.3 is 6.36 Å². The first-order valence-corrected chi connectivity index (χ1v) is 5.93. The van der Waals surface area contributed by atoms with Crippen molar-refractivity contribution < 1.29 is 31.1 Å². The third kappa shape index (κ3) is 3.23. The van der Waals surface area contributed by atoms with Crippen molar-refractivity contribution in [3.8, 4) is 11.6 Å². The summed E-state index contributed by atoms with van der Waals surface area (Å²) in [5.41, 5.74) is -0.221. The van der Waals surface area contributed by atoms with E-state index in [2.05, 4.69) is 9.72 Å². The number of halogens is 3. The van der Waals surface area contributed by atoms with Crippen molar-refractivity contribution in [3.63, 3.8) is 0 Å². The Morgan fingerprint density at radius 2 is 1.94 bits per heavy atom. The predicted molar refractivity (Wildman–Crippen MR) is 53.6 cm³/mol. The van der Waals surface area contributed by atoms with Crippen LogP contribution in [0.4, 0.5) is 13.2 Å². The molecule has 0 amide bonds.